The molecule has 7 nitrogen and oxygen atoms in total. The molecule has 98 valence electrons. The minimum absolute atomic E-state index is 0.152. The molecule has 0 spiro atoms. The van der Waals surface area contributed by atoms with Crippen LogP contribution in [0.3, 0.4) is 0 Å². The lowest BCUT2D eigenvalue weighted by Crippen LogP contribution is -2.46. The summed E-state index contributed by atoms with van der Waals surface area (Å²) in [6.45, 7) is 6.07. The summed E-state index contributed by atoms with van der Waals surface area (Å²) in [6, 6.07) is -0.562. The number of hydrogen-bond acceptors (Lipinski definition) is 4. The van der Waals surface area contributed by atoms with Gasteiger partial charge in [0.05, 0.1) is 13.2 Å². The summed E-state index contributed by atoms with van der Waals surface area (Å²) in [4.78, 5) is 25.0. The predicted octanol–water partition coefficient (Wildman–Crippen LogP) is 0.0281. The van der Waals surface area contributed by atoms with E-state index in [1.54, 1.807) is 6.92 Å². The van der Waals surface area contributed by atoms with Gasteiger partial charge < -0.3 is 15.2 Å². The first kappa shape index (κ1) is 13.7. The molecule has 0 bridgehead atoms. The van der Waals surface area contributed by atoms with Gasteiger partial charge in [0.15, 0.2) is 0 Å². The van der Waals surface area contributed by atoms with E-state index in [0.717, 1.165) is 18.0 Å². The van der Waals surface area contributed by atoms with Crippen molar-refractivity contribution >= 4 is 12.1 Å². The summed E-state index contributed by atoms with van der Waals surface area (Å²) in [7, 11) is 0. The Morgan fingerprint density at radius 2 is 2.06 bits per heavy atom. The maximum atomic E-state index is 11.4. The van der Waals surface area contributed by atoms with Crippen LogP contribution in [0.2, 0.25) is 0 Å². The number of imide groups is 1. The van der Waals surface area contributed by atoms with E-state index in [1.807, 2.05) is 0 Å². The van der Waals surface area contributed by atoms with Gasteiger partial charge in [-0.2, -0.15) is 0 Å². The Bertz CT molecular complexity index is 266. The fourth-order valence-corrected chi connectivity index (χ4v) is 1.61. The monoisotopic (exact) mass is 245 g/mol. The fourth-order valence-electron chi connectivity index (χ4n) is 1.61. The maximum Gasteiger partial charge on any atom is 0.415 e. The number of carbonyl (C=O) groups is 2. The number of carbonyl (C=O) groups excluding carboxylic acids is 1. The normalized spacial score (nSPS) is 16.5. The molecule has 1 aliphatic rings. The van der Waals surface area contributed by atoms with Crippen molar-refractivity contribution in [3.63, 3.8) is 0 Å². The van der Waals surface area contributed by atoms with Crippen molar-refractivity contribution in [2.45, 2.75) is 6.92 Å². The molecule has 0 atom stereocenters. The van der Waals surface area contributed by atoms with Crippen molar-refractivity contribution in [1.82, 2.24) is 15.1 Å². The Hall–Kier alpha value is -1.34. The van der Waals surface area contributed by atoms with Crippen molar-refractivity contribution < 1.29 is 19.4 Å². The molecular formula is C10H19N3O4. The summed E-state index contributed by atoms with van der Waals surface area (Å²) < 4.78 is 5.20. The van der Waals surface area contributed by atoms with Gasteiger partial charge >= 0.3 is 12.1 Å². The summed E-state index contributed by atoms with van der Waals surface area (Å²) in [5.74, 6) is 0. The van der Waals surface area contributed by atoms with Gasteiger partial charge in [-0.3, -0.25) is 4.90 Å². The molecule has 1 rings (SSSR count). The van der Waals surface area contributed by atoms with E-state index in [-0.39, 0.29) is 6.54 Å². The lowest BCUT2D eigenvalue weighted by Gasteiger charge is -2.26. The molecule has 1 aliphatic heterocycles. The first-order chi connectivity index (χ1) is 8.15. The number of amides is 3. The van der Waals surface area contributed by atoms with E-state index in [9.17, 15) is 9.59 Å². The molecule has 0 radical (unpaired) electrons. The van der Waals surface area contributed by atoms with Crippen molar-refractivity contribution in [3.8, 4) is 0 Å². The van der Waals surface area contributed by atoms with Gasteiger partial charge in [0.1, 0.15) is 0 Å². The highest BCUT2D eigenvalue weighted by atomic mass is 16.5. The van der Waals surface area contributed by atoms with Crippen LogP contribution < -0.4 is 5.32 Å². The van der Waals surface area contributed by atoms with Gasteiger partial charge in [0.25, 0.3) is 0 Å². The van der Waals surface area contributed by atoms with E-state index in [1.165, 1.54) is 0 Å². The minimum Gasteiger partial charge on any atom is -0.465 e. The van der Waals surface area contributed by atoms with Crippen LogP contribution in [0.15, 0.2) is 0 Å². The molecule has 2 N–H and O–H groups in total. The third-order valence-corrected chi connectivity index (χ3v) is 2.60. The third kappa shape index (κ3) is 4.58. The van der Waals surface area contributed by atoms with Gasteiger partial charge in [0.2, 0.25) is 0 Å². The minimum atomic E-state index is -1.23. The summed E-state index contributed by atoms with van der Waals surface area (Å²) in [5, 5.41) is 11.3. The molecule has 0 aromatic rings. The molecule has 0 aromatic heterocycles. The zero-order chi connectivity index (χ0) is 12.7. The topological polar surface area (TPSA) is 82.1 Å². The van der Waals surface area contributed by atoms with Crippen LogP contribution in [0.4, 0.5) is 9.59 Å². The van der Waals surface area contributed by atoms with Gasteiger partial charge in [0, 0.05) is 32.7 Å². The largest absolute Gasteiger partial charge is 0.465 e. The van der Waals surface area contributed by atoms with Crippen molar-refractivity contribution in [2.24, 2.45) is 0 Å². The number of hydrogen-bond donors (Lipinski definition) is 2. The Balaban J connectivity index is 2.20. The first-order valence-electron chi connectivity index (χ1n) is 5.73. The smallest absolute Gasteiger partial charge is 0.415 e. The number of nitrogens with one attached hydrogen (secondary N) is 1. The molecule has 0 aromatic carbocycles. The van der Waals surface area contributed by atoms with Crippen LogP contribution in [-0.2, 0) is 4.74 Å². The predicted molar refractivity (Wildman–Crippen MR) is 61.1 cm³/mol. The molecule has 1 heterocycles. The van der Waals surface area contributed by atoms with E-state index >= 15 is 0 Å². The molecule has 0 saturated carbocycles. The van der Waals surface area contributed by atoms with Crippen LogP contribution in [-0.4, -0.2) is 73.0 Å². The van der Waals surface area contributed by atoms with Crippen molar-refractivity contribution in [1.29, 1.82) is 0 Å². The van der Waals surface area contributed by atoms with Gasteiger partial charge in [-0.25, -0.2) is 14.5 Å². The lowest BCUT2D eigenvalue weighted by atomic mass is 10.4. The standard InChI is InChI=1S/C10H19N3O4/c1-2-13(10(15)16)9(14)11-3-4-12-5-7-17-8-6-12/h2-8H2,1H3,(H,11,14)(H,15,16). The quantitative estimate of drug-likeness (QED) is 0.730. The number of carboxylic acid groups (broad SMARTS) is 1. The van der Waals surface area contributed by atoms with E-state index in [0.29, 0.717) is 26.3 Å². The molecule has 7 heteroatoms. The molecule has 1 fully saturated rings. The molecule has 3 amide bonds. The summed E-state index contributed by atoms with van der Waals surface area (Å²) >= 11 is 0. The molecule has 0 aliphatic carbocycles. The van der Waals surface area contributed by atoms with Crippen LogP contribution >= 0.6 is 0 Å². The van der Waals surface area contributed by atoms with Gasteiger partial charge in [-0.1, -0.05) is 0 Å². The molecule has 1 saturated heterocycles. The number of morpholine rings is 1. The fraction of sp³-hybridized carbons (Fsp3) is 0.800. The average molecular weight is 245 g/mol. The van der Waals surface area contributed by atoms with E-state index in [2.05, 4.69) is 10.2 Å². The number of ether oxygens (including phenoxy) is 1. The van der Waals surface area contributed by atoms with Crippen LogP contribution in [0, 0.1) is 0 Å². The zero-order valence-corrected chi connectivity index (χ0v) is 10.0. The van der Waals surface area contributed by atoms with Crippen molar-refractivity contribution in [3.05, 3.63) is 0 Å². The summed E-state index contributed by atoms with van der Waals surface area (Å²) in [6.07, 6.45) is -1.23. The zero-order valence-electron chi connectivity index (χ0n) is 10.0. The highest BCUT2D eigenvalue weighted by Gasteiger charge is 2.18. The second kappa shape index (κ2) is 7.08. The first-order valence-corrected chi connectivity index (χ1v) is 5.73. The Kier molecular flexibility index (Phi) is 5.71. The van der Waals surface area contributed by atoms with Gasteiger partial charge in [-0.15, -0.1) is 0 Å². The molecule has 17 heavy (non-hydrogen) atoms. The Morgan fingerprint density at radius 1 is 1.41 bits per heavy atom. The Morgan fingerprint density at radius 3 is 2.59 bits per heavy atom. The SMILES string of the molecule is CCN(C(=O)O)C(=O)NCCN1CCOCC1. The number of rotatable bonds is 4. The molecular weight excluding hydrogens is 226 g/mol. The highest BCUT2D eigenvalue weighted by molar-refractivity contribution is 5.89. The van der Waals surface area contributed by atoms with E-state index in [4.69, 9.17) is 9.84 Å². The van der Waals surface area contributed by atoms with E-state index < -0.39 is 12.1 Å². The second-order valence-electron chi connectivity index (χ2n) is 3.71. The van der Waals surface area contributed by atoms with Crippen LogP contribution in [0.25, 0.3) is 0 Å². The highest BCUT2D eigenvalue weighted by Crippen LogP contribution is 1.95. The lowest BCUT2D eigenvalue weighted by molar-refractivity contribution is 0.0386. The number of urea groups is 1. The number of nitrogens with zero attached hydrogens (tertiary/aromatic N) is 2. The van der Waals surface area contributed by atoms with Gasteiger partial charge in [-0.05, 0) is 6.92 Å². The second-order valence-corrected chi connectivity index (χ2v) is 3.71. The third-order valence-electron chi connectivity index (χ3n) is 2.60. The van der Waals surface area contributed by atoms with Crippen molar-refractivity contribution in [2.75, 3.05) is 45.9 Å². The average Bonchev–Trinajstić information content (AvgIpc) is 2.30. The summed E-state index contributed by atoms with van der Waals surface area (Å²) in [5.41, 5.74) is 0. The maximum absolute atomic E-state index is 11.4. The van der Waals surface area contributed by atoms with Crippen LogP contribution in [0.1, 0.15) is 6.92 Å². The van der Waals surface area contributed by atoms with Crippen LogP contribution in [0.5, 0.6) is 0 Å². The Labute approximate surface area is 100 Å². The molecule has 0 unspecified atom stereocenters.